The summed E-state index contributed by atoms with van der Waals surface area (Å²) >= 11 is 5.08. The monoisotopic (exact) mass is 337 g/mol. The van der Waals surface area contributed by atoms with Crippen LogP contribution < -0.4 is 9.47 Å². The number of hydrogen-bond donors (Lipinski definition) is 1. The standard InChI is InChI=1S/C13H15N5O4S/c1-4-12-15-16-13(23)17(12)14-7-8-5-10(21-2)11(22-3)6-9(8)18(19)20/h5-7H,4H2,1-3H3,(H,16,23)/b14-7-. The van der Waals surface area contributed by atoms with E-state index in [1.54, 1.807) is 0 Å². The maximum Gasteiger partial charge on any atom is 0.282 e. The van der Waals surface area contributed by atoms with Crippen molar-refractivity contribution in [3.8, 4) is 11.5 Å². The smallest absolute Gasteiger partial charge is 0.282 e. The van der Waals surface area contributed by atoms with Crippen molar-refractivity contribution in [3.63, 3.8) is 0 Å². The van der Waals surface area contributed by atoms with Crippen LogP contribution in [0.15, 0.2) is 17.2 Å². The molecule has 0 atom stereocenters. The third-order valence-corrected chi connectivity index (χ3v) is 3.34. The van der Waals surface area contributed by atoms with Gasteiger partial charge in [-0.15, -0.1) is 0 Å². The summed E-state index contributed by atoms with van der Waals surface area (Å²) in [6, 6.07) is 2.77. The zero-order valence-corrected chi connectivity index (χ0v) is 13.6. The van der Waals surface area contributed by atoms with E-state index >= 15 is 0 Å². The van der Waals surface area contributed by atoms with Crippen LogP contribution in [0.5, 0.6) is 11.5 Å². The highest BCUT2D eigenvalue weighted by atomic mass is 32.1. The molecular weight excluding hydrogens is 322 g/mol. The molecule has 0 radical (unpaired) electrons. The number of aromatic amines is 1. The molecule has 0 spiro atoms. The van der Waals surface area contributed by atoms with Gasteiger partial charge in [0.25, 0.3) is 5.69 Å². The molecule has 0 aliphatic heterocycles. The van der Waals surface area contributed by atoms with E-state index in [2.05, 4.69) is 15.3 Å². The number of nitrogens with one attached hydrogen (secondary N) is 1. The van der Waals surface area contributed by atoms with Crippen molar-refractivity contribution in [3.05, 3.63) is 38.4 Å². The molecule has 1 aromatic carbocycles. The van der Waals surface area contributed by atoms with E-state index in [1.165, 1.54) is 37.2 Å². The van der Waals surface area contributed by atoms with Gasteiger partial charge < -0.3 is 9.47 Å². The van der Waals surface area contributed by atoms with Gasteiger partial charge in [0.15, 0.2) is 17.3 Å². The Morgan fingerprint density at radius 2 is 2.09 bits per heavy atom. The van der Waals surface area contributed by atoms with Crippen LogP contribution in [0.3, 0.4) is 0 Å². The summed E-state index contributed by atoms with van der Waals surface area (Å²) in [6.07, 6.45) is 1.95. The average molecular weight is 337 g/mol. The number of benzene rings is 1. The van der Waals surface area contributed by atoms with Crippen molar-refractivity contribution in [2.75, 3.05) is 14.2 Å². The van der Waals surface area contributed by atoms with Crippen LogP contribution in [-0.4, -0.2) is 40.2 Å². The fourth-order valence-electron chi connectivity index (χ4n) is 1.94. The van der Waals surface area contributed by atoms with Gasteiger partial charge in [0.1, 0.15) is 0 Å². The molecular formula is C13H15N5O4S. The number of nitro benzene ring substituents is 1. The van der Waals surface area contributed by atoms with Crippen LogP contribution in [0, 0.1) is 14.9 Å². The molecule has 10 heteroatoms. The zero-order valence-electron chi connectivity index (χ0n) is 12.8. The van der Waals surface area contributed by atoms with Crippen molar-refractivity contribution in [2.45, 2.75) is 13.3 Å². The first kappa shape index (κ1) is 16.6. The van der Waals surface area contributed by atoms with Gasteiger partial charge in [-0.05, 0) is 18.3 Å². The Morgan fingerprint density at radius 3 is 2.65 bits per heavy atom. The SMILES string of the molecule is CCc1n[nH]c(=S)n1/N=C\c1cc(OC)c(OC)cc1[N+](=O)[O-]. The fourth-order valence-corrected chi connectivity index (χ4v) is 2.14. The second-order valence-electron chi connectivity index (χ2n) is 4.38. The minimum absolute atomic E-state index is 0.153. The van der Waals surface area contributed by atoms with E-state index < -0.39 is 4.92 Å². The van der Waals surface area contributed by atoms with Crippen molar-refractivity contribution < 1.29 is 14.4 Å². The molecule has 0 unspecified atom stereocenters. The molecule has 0 amide bonds. The molecule has 0 bridgehead atoms. The molecule has 0 aliphatic rings. The number of hydrogen-bond acceptors (Lipinski definition) is 7. The van der Waals surface area contributed by atoms with E-state index in [0.717, 1.165) is 0 Å². The van der Waals surface area contributed by atoms with Crippen molar-refractivity contribution in [1.29, 1.82) is 0 Å². The van der Waals surface area contributed by atoms with Gasteiger partial charge in [0.05, 0.1) is 37.0 Å². The Labute approximate surface area is 136 Å². The molecule has 1 aromatic heterocycles. The van der Waals surface area contributed by atoms with Gasteiger partial charge in [0, 0.05) is 6.42 Å². The van der Waals surface area contributed by atoms with Crippen LogP contribution in [0.1, 0.15) is 18.3 Å². The second-order valence-corrected chi connectivity index (χ2v) is 4.76. The van der Waals surface area contributed by atoms with Crippen molar-refractivity contribution >= 4 is 24.1 Å². The highest BCUT2D eigenvalue weighted by Gasteiger charge is 2.18. The summed E-state index contributed by atoms with van der Waals surface area (Å²) in [5.41, 5.74) is 0.109. The highest BCUT2D eigenvalue weighted by Crippen LogP contribution is 2.33. The topological polar surface area (TPSA) is 108 Å². The Kier molecular flexibility index (Phi) is 5.06. The third-order valence-electron chi connectivity index (χ3n) is 3.08. The van der Waals surface area contributed by atoms with Gasteiger partial charge in [-0.3, -0.25) is 15.2 Å². The van der Waals surface area contributed by atoms with Crippen LogP contribution in [0.25, 0.3) is 0 Å². The normalized spacial score (nSPS) is 10.9. The Morgan fingerprint density at radius 1 is 1.43 bits per heavy atom. The summed E-state index contributed by atoms with van der Waals surface area (Å²) in [6.45, 7) is 1.90. The van der Waals surface area contributed by atoms with Gasteiger partial charge in [0.2, 0.25) is 4.77 Å². The van der Waals surface area contributed by atoms with Gasteiger partial charge in [-0.25, -0.2) is 0 Å². The van der Waals surface area contributed by atoms with Crippen molar-refractivity contribution in [1.82, 2.24) is 14.9 Å². The number of ether oxygens (including phenoxy) is 2. The zero-order chi connectivity index (χ0) is 17.0. The van der Waals surface area contributed by atoms with E-state index in [0.29, 0.717) is 22.8 Å². The molecule has 122 valence electrons. The molecule has 2 aromatic rings. The number of rotatable bonds is 6. The first-order valence-corrected chi connectivity index (χ1v) is 7.03. The fraction of sp³-hybridized carbons (Fsp3) is 0.308. The number of nitro groups is 1. The van der Waals surface area contributed by atoms with E-state index in [-0.39, 0.29) is 17.0 Å². The van der Waals surface area contributed by atoms with E-state index in [1.807, 2.05) is 6.92 Å². The first-order valence-electron chi connectivity index (χ1n) is 6.62. The van der Waals surface area contributed by atoms with E-state index in [9.17, 15) is 10.1 Å². The maximum atomic E-state index is 11.2. The highest BCUT2D eigenvalue weighted by molar-refractivity contribution is 7.71. The lowest BCUT2D eigenvalue weighted by molar-refractivity contribution is -0.385. The van der Waals surface area contributed by atoms with E-state index in [4.69, 9.17) is 21.7 Å². The molecule has 1 heterocycles. The molecule has 23 heavy (non-hydrogen) atoms. The summed E-state index contributed by atoms with van der Waals surface area (Å²) in [5.74, 6) is 1.26. The molecule has 2 rings (SSSR count). The molecule has 1 N–H and O–H groups in total. The van der Waals surface area contributed by atoms with Gasteiger partial charge in [-0.2, -0.15) is 14.9 Å². The summed E-state index contributed by atoms with van der Waals surface area (Å²) in [7, 11) is 2.86. The van der Waals surface area contributed by atoms with Crippen LogP contribution in [-0.2, 0) is 6.42 Å². The molecule has 0 saturated carbocycles. The number of nitrogens with zero attached hydrogens (tertiary/aromatic N) is 4. The van der Waals surface area contributed by atoms with Crippen LogP contribution in [0.4, 0.5) is 5.69 Å². The van der Waals surface area contributed by atoms with Crippen molar-refractivity contribution in [2.24, 2.45) is 5.10 Å². The number of aromatic nitrogens is 3. The quantitative estimate of drug-likeness (QED) is 0.375. The lowest BCUT2D eigenvalue weighted by atomic mass is 10.1. The largest absolute Gasteiger partial charge is 0.493 e. The third kappa shape index (κ3) is 3.37. The predicted molar refractivity (Wildman–Crippen MR) is 86.0 cm³/mol. The summed E-state index contributed by atoms with van der Waals surface area (Å²) in [4.78, 5) is 10.7. The Balaban J connectivity index is 2.53. The average Bonchev–Trinajstić information content (AvgIpc) is 2.91. The maximum absolute atomic E-state index is 11.2. The predicted octanol–water partition coefficient (Wildman–Crippen LogP) is 2.31. The van der Waals surface area contributed by atoms with Gasteiger partial charge >= 0.3 is 0 Å². The minimum atomic E-state index is -0.515. The number of methoxy groups -OCH3 is 2. The van der Waals surface area contributed by atoms with Crippen LogP contribution >= 0.6 is 12.2 Å². The lowest BCUT2D eigenvalue weighted by Gasteiger charge is -2.08. The molecule has 0 fully saturated rings. The minimum Gasteiger partial charge on any atom is -0.493 e. The first-order chi connectivity index (χ1) is 11.0. The summed E-state index contributed by atoms with van der Waals surface area (Å²) in [5, 5.41) is 22.1. The lowest BCUT2D eigenvalue weighted by Crippen LogP contribution is -2.01. The molecule has 0 saturated heterocycles. The second kappa shape index (κ2) is 7.01. The summed E-state index contributed by atoms with van der Waals surface area (Å²) < 4.78 is 12.0. The molecule has 0 aliphatic carbocycles. The number of aryl methyl sites for hydroxylation is 1. The van der Waals surface area contributed by atoms with Gasteiger partial charge in [-0.1, -0.05) is 6.92 Å². The van der Waals surface area contributed by atoms with Crippen LogP contribution in [0.2, 0.25) is 0 Å². The Bertz CT molecular complexity index is 811. The Hall–Kier alpha value is -2.75. The molecule has 9 nitrogen and oxygen atoms in total. The number of H-pyrrole nitrogens is 1.